The number of hydrogen-bond donors (Lipinski definition) is 1. The third-order valence-electron chi connectivity index (χ3n) is 2.90. The molecule has 1 atom stereocenters. The molecule has 1 heterocycles. The van der Waals surface area contributed by atoms with Crippen molar-refractivity contribution in [3.8, 4) is 0 Å². The number of aromatic nitrogens is 2. The Morgan fingerprint density at radius 2 is 2.06 bits per heavy atom. The van der Waals surface area contributed by atoms with Gasteiger partial charge in [-0.1, -0.05) is 35.0 Å². The zero-order valence-corrected chi connectivity index (χ0v) is 12.1. The first kappa shape index (κ1) is 13.3. The predicted octanol–water partition coefficient (Wildman–Crippen LogP) is 3.30. The predicted molar refractivity (Wildman–Crippen MR) is 77.3 cm³/mol. The van der Waals surface area contributed by atoms with Crippen molar-refractivity contribution >= 4 is 15.9 Å². The lowest BCUT2D eigenvalue weighted by Gasteiger charge is -2.09. The second kappa shape index (κ2) is 6.16. The Balaban J connectivity index is 2.02. The third-order valence-corrected chi connectivity index (χ3v) is 3.43. The summed E-state index contributed by atoms with van der Waals surface area (Å²) < 4.78 is 3.05. The van der Waals surface area contributed by atoms with E-state index in [1.54, 1.807) is 0 Å². The van der Waals surface area contributed by atoms with Gasteiger partial charge in [0.25, 0.3) is 0 Å². The van der Waals surface area contributed by atoms with Crippen LogP contribution in [0.1, 0.15) is 30.5 Å². The lowest BCUT2D eigenvalue weighted by Crippen LogP contribution is -2.12. The van der Waals surface area contributed by atoms with Crippen molar-refractivity contribution in [3.63, 3.8) is 0 Å². The Bertz CT molecular complexity index is 490. The van der Waals surface area contributed by atoms with Gasteiger partial charge in [-0.2, -0.15) is 5.10 Å². The molecule has 2 N–H and O–H groups in total. The van der Waals surface area contributed by atoms with Crippen molar-refractivity contribution in [2.75, 3.05) is 0 Å². The topological polar surface area (TPSA) is 43.8 Å². The highest BCUT2D eigenvalue weighted by atomic mass is 79.9. The minimum Gasteiger partial charge on any atom is -0.324 e. The van der Waals surface area contributed by atoms with Gasteiger partial charge in [0.15, 0.2) is 0 Å². The highest BCUT2D eigenvalue weighted by Crippen LogP contribution is 2.17. The van der Waals surface area contributed by atoms with Crippen LogP contribution in [0.2, 0.25) is 0 Å². The molecule has 1 aromatic carbocycles. The molecule has 0 saturated carbocycles. The zero-order valence-electron chi connectivity index (χ0n) is 10.5. The minimum absolute atomic E-state index is 0.0109. The SMILES string of the molecule is CCCn1cc(C(N)Cc2ccc(Br)cc2)cn1. The average molecular weight is 308 g/mol. The van der Waals surface area contributed by atoms with Crippen molar-refractivity contribution in [1.82, 2.24) is 9.78 Å². The fourth-order valence-electron chi connectivity index (χ4n) is 1.91. The van der Waals surface area contributed by atoms with Crippen LogP contribution in [0.25, 0.3) is 0 Å². The van der Waals surface area contributed by atoms with E-state index in [1.165, 1.54) is 5.56 Å². The first-order valence-electron chi connectivity index (χ1n) is 6.21. The molecule has 0 fully saturated rings. The van der Waals surface area contributed by atoms with Crippen molar-refractivity contribution in [1.29, 1.82) is 0 Å². The minimum atomic E-state index is 0.0109. The number of nitrogens with two attached hydrogens (primary N) is 1. The molecule has 2 aromatic rings. The quantitative estimate of drug-likeness (QED) is 0.921. The molecule has 0 bridgehead atoms. The molecule has 2 rings (SSSR count). The molecular weight excluding hydrogens is 290 g/mol. The van der Waals surface area contributed by atoms with Crippen LogP contribution in [-0.2, 0) is 13.0 Å². The van der Waals surface area contributed by atoms with Crippen LogP contribution in [0, 0.1) is 0 Å². The summed E-state index contributed by atoms with van der Waals surface area (Å²) in [5.41, 5.74) is 8.56. The smallest absolute Gasteiger partial charge is 0.0537 e. The Hall–Kier alpha value is -1.13. The first-order chi connectivity index (χ1) is 8.69. The molecule has 0 aliphatic rings. The molecule has 4 heteroatoms. The lowest BCUT2D eigenvalue weighted by atomic mass is 10.0. The fourth-order valence-corrected chi connectivity index (χ4v) is 2.18. The second-order valence-corrected chi connectivity index (χ2v) is 5.39. The van der Waals surface area contributed by atoms with Gasteiger partial charge in [0.05, 0.1) is 6.20 Å². The van der Waals surface area contributed by atoms with E-state index in [1.807, 2.05) is 29.2 Å². The zero-order chi connectivity index (χ0) is 13.0. The van der Waals surface area contributed by atoms with Gasteiger partial charge in [-0.05, 0) is 30.5 Å². The van der Waals surface area contributed by atoms with E-state index in [0.717, 1.165) is 29.4 Å². The van der Waals surface area contributed by atoms with Crippen LogP contribution in [0.5, 0.6) is 0 Å². The fraction of sp³-hybridized carbons (Fsp3) is 0.357. The molecule has 1 aromatic heterocycles. The number of aryl methyl sites for hydroxylation is 1. The average Bonchev–Trinajstić information content (AvgIpc) is 2.81. The molecular formula is C14H18BrN3. The molecule has 0 spiro atoms. The third kappa shape index (κ3) is 3.43. The van der Waals surface area contributed by atoms with E-state index < -0.39 is 0 Å². The first-order valence-corrected chi connectivity index (χ1v) is 7.00. The Morgan fingerprint density at radius 1 is 1.33 bits per heavy atom. The van der Waals surface area contributed by atoms with E-state index >= 15 is 0 Å². The summed E-state index contributed by atoms with van der Waals surface area (Å²) in [7, 11) is 0. The Kier molecular flexibility index (Phi) is 4.55. The lowest BCUT2D eigenvalue weighted by molar-refractivity contribution is 0.601. The van der Waals surface area contributed by atoms with Crippen LogP contribution in [-0.4, -0.2) is 9.78 Å². The van der Waals surface area contributed by atoms with Crippen LogP contribution in [0.3, 0.4) is 0 Å². The molecule has 0 aliphatic carbocycles. The maximum Gasteiger partial charge on any atom is 0.0537 e. The van der Waals surface area contributed by atoms with Gasteiger partial charge < -0.3 is 5.73 Å². The maximum absolute atomic E-state index is 6.21. The molecule has 1 unspecified atom stereocenters. The normalized spacial score (nSPS) is 12.6. The number of nitrogens with zero attached hydrogens (tertiary/aromatic N) is 2. The maximum atomic E-state index is 6.21. The van der Waals surface area contributed by atoms with Crippen molar-refractivity contribution in [3.05, 3.63) is 52.3 Å². The summed E-state index contributed by atoms with van der Waals surface area (Å²) in [4.78, 5) is 0. The molecule has 18 heavy (non-hydrogen) atoms. The van der Waals surface area contributed by atoms with Gasteiger partial charge in [-0.15, -0.1) is 0 Å². The molecule has 0 amide bonds. The number of halogens is 1. The van der Waals surface area contributed by atoms with Crippen LogP contribution in [0.15, 0.2) is 41.1 Å². The van der Waals surface area contributed by atoms with Crippen molar-refractivity contribution in [2.45, 2.75) is 32.4 Å². The van der Waals surface area contributed by atoms with Crippen molar-refractivity contribution in [2.24, 2.45) is 5.73 Å². The molecule has 0 saturated heterocycles. The standard InChI is InChI=1S/C14H18BrN3/c1-2-7-18-10-12(9-17-18)14(16)8-11-3-5-13(15)6-4-11/h3-6,9-10,14H,2,7-8,16H2,1H3. The second-order valence-electron chi connectivity index (χ2n) is 4.47. The number of hydrogen-bond acceptors (Lipinski definition) is 2. The largest absolute Gasteiger partial charge is 0.324 e. The highest BCUT2D eigenvalue weighted by Gasteiger charge is 2.09. The van der Waals surface area contributed by atoms with E-state index in [9.17, 15) is 0 Å². The van der Waals surface area contributed by atoms with Crippen molar-refractivity contribution < 1.29 is 0 Å². The molecule has 0 radical (unpaired) electrons. The van der Waals surface area contributed by atoms with Gasteiger partial charge in [0.1, 0.15) is 0 Å². The van der Waals surface area contributed by atoms with Gasteiger partial charge in [0, 0.05) is 28.8 Å². The van der Waals surface area contributed by atoms with Gasteiger partial charge in [-0.3, -0.25) is 4.68 Å². The summed E-state index contributed by atoms with van der Waals surface area (Å²) in [5.74, 6) is 0. The molecule has 0 aliphatic heterocycles. The Morgan fingerprint density at radius 3 is 2.72 bits per heavy atom. The van der Waals surface area contributed by atoms with Crippen LogP contribution < -0.4 is 5.73 Å². The van der Waals surface area contributed by atoms with Gasteiger partial charge in [0.2, 0.25) is 0 Å². The number of benzene rings is 1. The van der Waals surface area contributed by atoms with Gasteiger partial charge >= 0.3 is 0 Å². The van der Waals surface area contributed by atoms with E-state index in [0.29, 0.717) is 0 Å². The van der Waals surface area contributed by atoms with Crippen LogP contribution in [0.4, 0.5) is 0 Å². The summed E-state index contributed by atoms with van der Waals surface area (Å²) >= 11 is 3.43. The summed E-state index contributed by atoms with van der Waals surface area (Å²) in [6.45, 7) is 3.09. The summed E-state index contributed by atoms with van der Waals surface area (Å²) in [6.07, 6.45) is 5.85. The number of rotatable bonds is 5. The summed E-state index contributed by atoms with van der Waals surface area (Å²) in [6, 6.07) is 8.29. The monoisotopic (exact) mass is 307 g/mol. The molecule has 96 valence electrons. The van der Waals surface area contributed by atoms with Gasteiger partial charge in [-0.25, -0.2) is 0 Å². The summed E-state index contributed by atoms with van der Waals surface area (Å²) in [5, 5.41) is 4.31. The Labute approximate surface area is 116 Å². The van der Waals surface area contributed by atoms with Crippen LogP contribution >= 0.6 is 15.9 Å². The van der Waals surface area contributed by atoms with E-state index in [4.69, 9.17) is 5.73 Å². The highest BCUT2D eigenvalue weighted by molar-refractivity contribution is 9.10. The molecule has 3 nitrogen and oxygen atoms in total. The van der Waals surface area contributed by atoms with E-state index in [2.05, 4.69) is 40.1 Å². The van der Waals surface area contributed by atoms with E-state index in [-0.39, 0.29) is 6.04 Å².